The number of carbonyl (C=O) groups excluding carboxylic acids is 2. The van der Waals surface area contributed by atoms with Gasteiger partial charge in [-0.3, -0.25) is 9.59 Å². The van der Waals surface area contributed by atoms with E-state index in [0.29, 0.717) is 23.2 Å². The summed E-state index contributed by atoms with van der Waals surface area (Å²) >= 11 is 5.58. The number of amides is 2. The van der Waals surface area contributed by atoms with E-state index in [4.69, 9.17) is 20.8 Å². The highest BCUT2D eigenvalue weighted by atomic mass is 35.5. The fraction of sp³-hybridized carbons (Fsp3) is 0.150. The van der Waals surface area contributed by atoms with Gasteiger partial charge in [-0.1, -0.05) is 30.3 Å². The predicted octanol–water partition coefficient (Wildman–Crippen LogP) is 3.45. The second-order valence-corrected chi connectivity index (χ2v) is 6.42. The van der Waals surface area contributed by atoms with Crippen molar-refractivity contribution in [1.82, 2.24) is 15.6 Å². The zero-order valence-electron chi connectivity index (χ0n) is 15.2. The van der Waals surface area contributed by atoms with Gasteiger partial charge < -0.3 is 19.8 Å². The van der Waals surface area contributed by atoms with E-state index in [-0.39, 0.29) is 29.8 Å². The Kier molecular flexibility index (Phi) is 6.46. The first-order valence-electron chi connectivity index (χ1n) is 8.61. The highest BCUT2D eigenvalue weighted by Crippen LogP contribution is 2.20. The van der Waals surface area contributed by atoms with E-state index in [9.17, 15) is 14.0 Å². The Morgan fingerprint density at radius 3 is 2.79 bits per heavy atom. The normalized spacial score (nSPS) is 10.6. The molecule has 0 saturated carbocycles. The molecule has 2 amide bonds. The molecule has 0 bridgehead atoms. The van der Waals surface area contributed by atoms with Crippen LogP contribution in [0.4, 0.5) is 4.39 Å². The van der Waals surface area contributed by atoms with Crippen molar-refractivity contribution in [3.63, 3.8) is 0 Å². The maximum absolute atomic E-state index is 13.3. The zero-order chi connectivity index (χ0) is 20.8. The van der Waals surface area contributed by atoms with E-state index in [1.165, 1.54) is 12.1 Å². The Morgan fingerprint density at radius 2 is 2.03 bits per heavy atom. The Balaban J connectivity index is 1.39. The summed E-state index contributed by atoms with van der Waals surface area (Å²) in [6, 6.07) is 10.9. The summed E-state index contributed by atoms with van der Waals surface area (Å²) in [6.45, 7) is 3.68. The molecule has 1 aromatic heterocycles. The lowest BCUT2D eigenvalue weighted by Gasteiger charge is -2.09. The van der Waals surface area contributed by atoms with Crippen molar-refractivity contribution in [3.05, 3.63) is 71.5 Å². The summed E-state index contributed by atoms with van der Waals surface area (Å²) in [6.07, 6.45) is 0.299. The first-order chi connectivity index (χ1) is 13.9. The maximum Gasteiger partial charge on any atom is 0.311 e. The van der Waals surface area contributed by atoms with E-state index >= 15 is 0 Å². The van der Waals surface area contributed by atoms with Crippen LogP contribution in [0, 0.1) is 5.82 Å². The molecule has 0 aliphatic carbocycles. The number of halogens is 2. The van der Waals surface area contributed by atoms with Crippen LogP contribution in [0.15, 0.2) is 59.2 Å². The molecule has 3 aromatic rings. The van der Waals surface area contributed by atoms with Crippen molar-refractivity contribution in [2.75, 3.05) is 13.2 Å². The molecular formula is C20H17ClFN3O4. The van der Waals surface area contributed by atoms with Crippen molar-refractivity contribution in [1.29, 1.82) is 0 Å². The summed E-state index contributed by atoms with van der Waals surface area (Å²) in [4.78, 5) is 28.0. The van der Waals surface area contributed by atoms with Gasteiger partial charge in [0.25, 0.3) is 11.8 Å². The molecule has 150 valence electrons. The number of ether oxygens (including phenoxy) is 1. The SMILES string of the molecule is C=C(CCNC(=O)COc1ccc(Cl)c(F)c1)NC(=O)c1nc2ccccc2o1. The predicted molar refractivity (Wildman–Crippen MR) is 105 cm³/mol. The van der Waals surface area contributed by atoms with Crippen molar-refractivity contribution in [2.24, 2.45) is 0 Å². The number of rotatable bonds is 8. The van der Waals surface area contributed by atoms with Crippen LogP contribution < -0.4 is 15.4 Å². The molecule has 0 unspecified atom stereocenters. The topological polar surface area (TPSA) is 93.5 Å². The molecule has 3 rings (SSSR count). The smallest absolute Gasteiger partial charge is 0.311 e. The van der Waals surface area contributed by atoms with Crippen LogP contribution >= 0.6 is 11.6 Å². The van der Waals surface area contributed by atoms with Gasteiger partial charge in [-0.15, -0.1) is 0 Å². The second kappa shape index (κ2) is 9.20. The van der Waals surface area contributed by atoms with Crippen LogP contribution in [0.25, 0.3) is 11.1 Å². The highest BCUT2D eigenvalue weighted by Gasteiger charge is 2.14. The van der Waals surface area contributed by atoms with Crippen LogP contribution in [0.2, 0.25) is 5.02 Å². The number of carbonyl (C=O) groups is 2. The summed E-state index contributed by atoms with van der Waals surface area (Å²) < 4.78 is 23.9. The number of hydrogen-bond donors (Lipinski definition) is 2. The van der Waals surface area contributed by atoms with Gasteiger partial charge in [-0.05, 0) is 24.3 Å². The molecule has 0 aliphatic rings. The first kappa shape index (κ1) is 20.3. The minimum Gasteiger partial charge on any atom is -0.484 e. The Labute approximate surface area is 170 Å². The zero-order valence-corrected chi connectivity index (χ0v) is 16.0. The first-order valence-corrected chi connectivity index (χ1v) is 8.99. The number of aromatic nitrogens is 1. The number of hydrogen-bond acceptors (Lipinski definition) is 5. The van der Waals surface area contributed by atoms with Crippen LogP contribution in [0.1, 0.15) is 17.1 Å². The number of nitrogens with zero attached hydrogens (tertiary/aromatic N) is 1. The van der Waals surface area contributed by atoms with Gasteiger partial charge >= 0.3 is 5.91 Å². The molecule has 0 atom stereocenters. The largest absolute Gasteiger partial charge is 0.484 e. The molecular weight excluding hydrogens is 401 g/mol. The van der Waals surface area contributed by atoms with Crippen molar-refractivity contribution in [3.8, 4) is 5.75 Å². The average molecular weight is 418 g/mol. The number of benzene rings is 2. The van der Waals surface area contributed by atoms with Gasteiger partial charge in [-0.25, -0.2) is 9.37 Å². The lowest BCUT2D eigenvalue weighted by atomic mass is 10.3. The van der Waals surface area contributed by atoms with Gasteiger partial charge in [0.1, 0.15) is 17.1 Å². The van der Waals surface area contributed by atoms with Gasteiger partial charge in [0.15, 0.2) is 12.2 Å². The van der Waals surface area contributed by atoms with Crippen molar-refractivity contribution in [2.45, 2.75) is 6.42 Å². The second-order valence-electron chi connectivity index (χ2n) is 6.01. The molecule has 1 heterocycles. The molecule has 0 fully saturated rings. The van der Waals surface area contributed by atoms with Gasteiger partial charge in [0.05, 0.1) is 5.02 Å². The quantitative estimate of drug-likeness (QED) is 0.585. The molecule has 7 nitrogen and oxygen atoms in total. The monoisotopic (exact) mass is 417 g/mol. The molecule has 2 N–H and O–H groups in total. The van der Waals surface area contributed by atoms with Crippen molar-refractivity contribution < 1.29 is 23.1 Å². The molecule has 2 aromatic carbocycles. The Hall–Kier alpha value is -3.39. The molecule has 0 saturated heterocycles. The third-order valence-electron chi connectivity index (χ3n) is 3.79. The lowest BCUT2D eigenvalue weighted by molar-refractivity contribution is -0.123. The number of oxazole rings is 1. The standard InChI is InChI=1S/C20H17ClFN3O4/c1-12(24-19(27)20-25-16-4-2-3-5-17(16)29-20)8-9-23-18(26)11-28-13-6-7-14(21)15(22)10-13/h2-7,10H,1,8-9,11H2,(H,23,26)(H,24,27). The minimum atomic E-state index is -0.629. The van der Waals surface area contributed by atoms with Gasteiger partial charge in [-0.2, -0.15) is 0 Å². The van der Waals surface area contributed by atoms with Crippen LogP contribution in [0.5, 0.6) is 5.75 Å². The molecule has 9 heteroatoms. The fourth-order valence-corrected chi connectivity index (χ4v) is 2.48. The number of nitrogens with one attached hydrogen (secondary N) is 2. The summed E-state index contributed by atoms with van der Waals surface area (Å²) in [5, 5.41) is 5.16. The molecule has 0 aliphatic heterocycles. The van der Waals surface area contributed by atoms with Crippen molar-refractivity contribution >= 4 is 34.5 Å². The lowest BCUT2D eigenvalue weighted by Crippen LogP contribution is -2.31. The van der Waals surface area contributed by atoms with E-state index in [0.717, 1.165) is 6.07 Å². The average Bonchev–Trinajstić information content (AvgIpc) is 3.13. The van der Waals surface area contributed by atoms with Crippen LogP contribution in [0.3, 0.4) is 0 Å². The van der Waals surface area contributed by atoms with E-state index < -0.39 is 17.6 Å². The highest BCUT2D eigenvalue weighted by molar-refractivity contribution is 6.30. The Bertz CT molecular complexity index is 1030. The van der Waals surface area contributed by atoms with Crippen LogP contribution in [-0.2, 0) is 4.79 Å². The van der Waals surface area contributed by atoms with E-state index in [1.54, 1.807) is 24.3 Å². The third kappa shape index (κ3) is 5.55. The van der Waals surface area contributed by atoms with E-state index in [1.807, 2.05) is 0 Å². The third-order valence-corrected chi connectivity index (χ3v) is 4.09. The maximum atomic E-state index is 13.3. The van der Waals surface area contributed by atoms with Gasteiger partial charge in [0.2, 0.25) is 0 Å². The number of para-hydroxylation sites is 2. The molecule has 0 radical (unpaired) electrons. The minimum absolute atomic E-state index is 0.0276. The fourth-order valence-electron chi connectivity index (χ4n) is 2.37. The van der Waals surface area contributed by atoms with E-state index in [2.05, 4.69) is 22.2 Å². The van der Waals surface area contributed by atoms with Gasteiger partial charge in [0, 0.05) is 24.7 Å². The molecule has 0 spiro atoms. The molecule has 29 heavy (non-hydrogen) atoms. The van der Waals surface area contributed by atoms with Crippen LogP contribution in [-0.4, -0.2) is 29.9 Å². The summed E-state index contributed by atoms with van der Waals surface area (Å²) in [5.74, 6) is -1.43. The summed E-state index contributed by atoms with van der Waals surface area (Å²) in [5.41, 5.74) is 1.48. The summed E-state index contributed by atoms with van der Waals surface area (Å²) in [7, 11) is 0. The number of fused-ring (bicyclic) bond motifs is 1. The Morgan fingerprint density at radius 1 is 1.24 bits per heavy atom.